The molecule has 6 nitrogen and oxygen atoms in total. The summed E-state index contributed by atoms with van der Waals surface area (Å²) in [4.78, 5) is 33.5. The van der Waals surface area contributed by atoms with Gasteiger partial charge in [0.2, 0.25) is 0 Å². The van der Waals surface area contributed by atoms with Gasteiger partial charge in [0.05, 0.1) is 11.3 Å². The summed E-state index contributed by atoms with van der Waals surface area (Å²) in [6.07, 6.45) is 0.943. The third-order valence-corrected chi connectivity index (χ3v) is 7.49. The first-order valence-electron chi connectivity index (χ1n) is 11.8. The molecular formula is C25H34ClFN4O2S. The second-order valence-electron chi connectivity index (χ2n) is 9.10. The van der Waals surface area contributed by atoms with Crippen LogP contribution in [0.2, 0.25) is 5.15 Å². The van der Waals surface area contributed by atoms with E-state index in [2.05, 4.69) is 22.1 Å². The van der Waals surface area contributed by atoms with Crippen LogP contribution >= 0.6 is 22.9 Å². The molecule has 34 heavy (non-hydrogen) atoms. The van der Waals surface area contributed by atoms with E-state index in [1.807, 2.05) is 23.8 Å². The topological polar surface area (TPSA) is 65.5 Å². The van der Waals surface area contributed by atoms with E-state index in [-0.39, 0.29) is 18.0 Å². The Morgan fingerprint density at radius 2 is 2.03 bits per heavy atom. The minimum absolute atomic E-state index is 0.0390. The zero-order valence-electron chi connectivity index (χ0n) is 20.3. The number of carbonyl (C=O) groups excluding carboxylic acids is 2. The zero-order chi connectivity index (χ0) is 24.8. The molecule has 186 valence electrons. The van der Waals surface area contributed by atoms with Crippen molar-refractivity contribution in [2.24, 2.45) is 0 Å². The summed E-state index contributed by atoms with van der Waals surface area (Å²) in [6, 6.07) is 4.01. The number of thiophene rings is 1. The minimum atomic E-state index is -1.50. The number of carbonyl (C=O) groups is 2. The van der Waals surface area contributed by atoms with Crippen molar-refractivity contribution in [3.63, 3.8) is 0 Å². The van der Waals surface area contributed by atoms with Gasteiger partial charge in [0.15, 0.2) is 6.17 Å². The first-order valence-corrected chi connectivity index (χ1v) is 13.1. The predicted molar refractivity (Wildman–Crippen MR) is 135 cm³/mol. The van der Waals surface area contributed by atoms with Gasteiger partial charge in [0.25, 0.3) is 11.8 Å². The van der Waals surface area contributed by atoms with Crippen LogP contribution in [0.1, 0.15) is 60.3 Å². The summed E-state index contributed by atoms with van der Waals surface area (Å²) in [5.41, 5.74) is 3.07. The number of nitrogens with zero attached hydrogens (tertiary/aromatic N) is 3. The molecule has 0 aromatic carbocycles. The summed E-state index contributed by atoms with van der Waals surface area (Å²) in [5.74, 6) is -0.560. The van der Waals surface area contributed by atoms with Gasteiger partial charge in [-0.05, 0) is 81.0 Å². The van der Waals surface area contributed by atoms with E-state index in [1.165, 1.54) is 6.92 Å². The molecule has 1 aliphatic rings. The van der Waals surface area contributed by atoms with Gasteiger partial charge in [-0.1, -0.05) is 11.6 Å². The highest BCUT2D eigenvalue weighted by atomic mass is 35.5. The summed E-state index contributed by atoms with van der Waals surface area (Å²) < 4.78 is 13.9. The predicted octanol–water partition coefficient (Wildman–Crippen LogP) is 4.77. The number of piperidine rings is 1. The van der Waals surface area contributed by atoms with Gasteiger partial charge in [-0.25, -0.2) is 9.37 Å². The maximum Gasteiger partial charge on any atom is 0.257 e. The third kappa shape index (κ3) is 6.77. The van der Waals surface area contributed by atoms with Crippen molar-refractivity contribution in [2.45, 2.75) is 71.8 Å². The van der Waals surface area contributed by atoms with Gasteiger partial charge in [-0.2, -0.15) is 11.3 Å². The number of hydrogen-bond acceptors (Lipinski definition) is 5. The number of halogens is 2. The average Bonchev–Trinajstić information content (AvgIpc) is 3.29. The van der Waals surface area contributed by atoms with Crippen molar-refractivity contribution in [3.8, 4) is 0 Å². The lowest BCUT2D eigenvalue weighted by atomic mass is 9.99. The second-order valence-corrected chi connectivity index (χ2v) is 10.3. The van der Waals surface area contributed by atoms with E-state index < -0.39 is 12.1 Å². The fourth-order valence-electron chi connectivity index (χ4n) is 4.63. The molecule has 3 heterocycles. The van der Waals surface area contributed by atoms with E-state index in [1.54, 1.807) is 29.2 Å². The lowest BCUT2D eigenvalue weighted by Crippen LogP contribution is -2.50. The molecule has 2 aromatic rings. The SMILES string of the molecule is Cc1cc(Cl)nc(C)c1C(=O)NCC[C@@H](C)N1CCC(N(Cc2ccsc2)C(=O)C(C)F)CC1. The zero-order valence-corrected chi connectivity index (χ0v) is 21.9. The molecule has 3 rings (SSSR count). The number of amides is 2. The first kappa shape index (κ1) is 26.6. The Hall–Kier alpha value is -2.03. The van der Waals surface area contributed by atoms with Gasteiger partial charge >= 0.3 is 0 Å². The van der Waals surface area contributed by atoms with E-state index in [0.717, 1.165) is 43.5 Å². The van der Waals surface area contributed by atoms with Gasteiger partial charge in [-0.15, -0.1) is 0 Å². The van der Waals surface area contributed by atoms with E-state index in [9.17, 15) is 14.0 Å². The largest absolute Gasteiger partial charge is 0.352 e. The van der Waals surface area contributed by atoms with Gasteiger partial charge in [0, 0.05) is 38.3 Å². The number of pyridine rings is 1. The molecule has 0 aliphatic carbocycles. The Kier molecular flexibility index (Phi) is 9.45. The lowest BCUT2D eigenvalue weighted by Gasteiger charge is -2.41. The molecule has 0 saturated carbocycles. The summed E-state index contributed by atoms with van der Waals surface area (Å²) >= 11 is 7.55. The highest BCUT2D eigenvalue weighted by molar-refractivity contribution is 7.07. The van der Waals surface area contributed by atoms with E-state index in [0.29, 0.717) is 29.5 Å². The summed E-state index contributed by atoms with van der Waals surface area (Å²) in [6.45, 7) is 9.82. The van der Waals surface area contributed by atoms with Gasteiger partial charge in [-0.3, -0.25) is 9.59 Å². The van der Waals surface area contributed by atoms with E-state index in [4.69, 9.17) is 11.6 Å². The molecule has 2 aromatic heterocycles. The number of alkyl halides is 1. The number of aryl methyl sites for hydroxylation is 2. The third-order valence-electron chi connectivity index (χ3n) is 6.56. The first-order chi connectivity index (χ1) is 16.2. The number of aromatic nitrogens is 1. The van der Waals surface area contributed by atoms with Crippen LogP contribution in [0.5, 0.6) is 0 Å². The minimum Gasteiger partial charge on any atom is -0.352 e. The van der Waals surface area contributed by atoms with Crippen molar-refractivity contribution >= 4 is 34.8 Å². The second kappa shape index (κ2) is 12.1. The Balaban J connectivity index is 1.49. The van der Waals surface area contributed by atoms with E-state index >= 15 is 0 Å². The Labute approximate surface area is 210 Å². The van der Waals surface area contributed by atoms with Crippen molar-refractivity contribution in [1.82, 2.24) is 20.1 Å². The van der Waals surface area contributed by atoms with Crippen LogP contribution < -0.4 is 5.32 Å². The summed E-state index contributed by atoms with van der Waals surface area (Å²) in [5, 5.41) is 7.39. The van der Waals surface area contributed by atoms with Gasteiger partial charge < -0.3 is 15.1 Å². The van der Waals surface area contributed by atoms with Crippen LogP contribution in [0.4, 0.5) is 4.39 Å². The van der Waals surface area contributed by atoms with Crippen LogP contribution in [-0.2, 0) is 11.3 Å². The summed E-state index contributed by atoms with van der Waals surface area (Å²) in [7, 11) is 0. The molecule has 1 fully saturated rings. The number of rotatable bonds is 9. The van der Waals surface area contributed by atoms with Crippen molar-refractivity contribution in [2.75, 3.05) is 19.6 Å². The normalized spacial score (nSPS) is 16.8. The van der Waals surface area contributed by atoms with Crippen molar-refractivity contribution in [1.29, 1.82) is 0 Å². The standard InChI is InChI=1S/C25H34ClFN4O2S/c1-16-13-22(26)29-19(4)23(16)24(32)28-9-5-17(2)30-10-6-21(7-11-30)31(25(33)18(3)27)14-20-8-12-34-15-20/h8,12-13,15,17-18,21H,5-7,9-11,14H2,1-4H3,(H,28,32)/t17-,18?/m1/s1. The van der Waals surface area contributed by atoms with Crippen LogP contribution in [0, 0.1) is 13.8 Å². The van der Waals surface area contributed by atoms with Crippen LogP contribution in [-0.4, -0.2) is 64.5 Å². The number of nitrogens with one attached hydrogen (secondary N) is 1. The monoisotopic (exact) mass is 508 g/mol. The molecule has 0 radical (unpaired) electrons. The Bertz CT molecular complexity index is 954. The highest BCUT2D eigenvalue weighted by Crippen LogP contribution is 2.23. The molecule has 0 spiro atoms. The van der Waals surface area contributed by atoms with Crippen LogP contribution in [0.3, 0.4) is 0 Å². The van der Waals surface area contributed by atoms with Crippen LogP contribution in [0.25, 0.3) is 0 Å². The lowest BCUT2D eigenvalue weighted by molar-refractivity contribution is -0.140. The van der Waals surface area contributed by atoms with Gasteiger partial charge in [0.1, 0.15) is 5.15 Å². The quantitative estimate of drug-likeness (QED) is 0.495. The maximum absolute atomic E-state index is 13.9. The molecule has 1 saturated heterocycles. The molecule has 2 amide bonds. The average molecular weight is 509 g/mol. The van der Waals surface area contributed by atoms with Crippen molar-refractivity contribution < 1.29 is 14.0 Å². The maximum atomic E-state index is 13.9. The molecule has 1 N–H and O–H groups in total. The number of hydrogen-bond donors (Lipinski definition) is 1. The Morgan fingerprint density at radius 1 is 1.32 bits per heavy atom. The highest BCUT2D eigenvalue weighted by Gasteiger charge is 2.31. The fraction of sp³-hybridized carbons (Fsp3) is 0.560. The smallest absolute Gasteiger partial charge is 0.257 e. The molecule has 0 bridgehead atoms. The molecule has 1 unspecified atom stereocenters. The fourth-order valence-corrected chi connectivity index (χ4v) is 5.58. The number of likely N-dealkylation sites (tertiary alicyclic amines) is 1. The molecular weight excluding hydrogens is 475 g/mol. The molecule has 2 atom stereocenters. The van der Waals surface area contributed by atoms with Crippen LogP contribution in [0.15, 0.2) is 22.9 Å². The molecule has 9 heteroatoms. The molecule has 1 aliphatic heterocycles. The Morgan fingerprint density at radius 3 is 2.62 bits per heavy atom. The van der Waals surface area contributed by atoms with Crippen molar-refractivity contribution in [3.05, 3.63) is 50.4 Å².